The molecule has 0 aliphatic carbocycles. The van der Waals surface area contributed by atoms with Gasteiger partial charge in [0.25, 0.3) is 11.8 Å². The first kappa shape index (κ1) is 22.8. The molecule has 33 heavy (non-hydrogen) atoms. The van der Waals surface area contributed by atoms with E-state index in [4.69, 9.17) is 16.0 Å². The van der Waals surface area contributed by atoms with Gasteiger partial charge in [-0.2, -0.15) is 0 Å². The predicted molar refractivity (Wildman–Crippen MR) is 129 cm³/mol. The normalized spacial score (nSPS) is 10.8. The summed E-state index contributed by atoms with van der Waals surface area (Å²) in [6.07, 6.45) is 1.59. The Kier molecular flexibility index (Phi) is 6.91. The van der Waals surface area contributed by atoms with Crippen LogP contribution in [-0.4, -0.2) is 28.7 Å². The van der Waals surface area contributed by atoms with Gasteiger partial charge in [-0.05, 0) is 48.9 Å². The zero-order valence-electron chi connectivity index (χ0n) is 18.2. The highest BCUT2D eigenvalue weighted by molar-refractivity contribution is 7.17. The fraction of sp³-hybridized carbons (Fsp3) is 0.160. The average molecular weight is 480 g/mol. The van der Waals surface area contributed by atoms with Crippen LogP contribution in [0.25, 0.3) is 10.6 Å². The van der Waals surface area contributed by atoms with Gasteiger partial charge in [0, 0.05) is 29.7 Å². The Morgan fingerprint density at radius 1 is 1.09 bits per heavy atom. The number of benzene rings is 2. The number of nitrogens with zero attached hydrogens (tertiary/aromatic N) is 2. The number of carbonyl (C=O) groups is 2. The summed E-state index contributed by atoms with van der Waals surface area (Å²) in [5.41, 5.74) is 3.01. The Balaban J connectivity index is 1.62. The Bertz CT molecular complexity index is 1270. The maximum atomic E-state index is 13.6. The lowest BCUT2D eigenvalue weighted by molar-refractivity contribution is 0.0721. The third-order valence-corrected chi connectivity index (χ3v) is 6.52. The molecule has 0 aliphatic heterocycles. The fourth-order valence-electron chi connectivity index (χ4n) is 3.40. The van der Waals surface area contributed by atoms with Gasteiger partial charge in [-0.3, -0.25) is 9.59 Å². The van der Waals surface area contributed by atoms with E-state index >= 15 is 0 Å². The molecule has 0 spiro atoms. The summed E-state index contributed by atoms with van der Waals surface area (Å²) in [5.74, 6) is 0.395. The number of carbonyl (C=O) groups excluding carboxylic acids is 2. The minimum atomic E-state index is -0.154. The quantitative estimate of drug-likeness (QED) is 0.376. The lowest BCUT2D eigenvalue weighted by Crippen LogP contribution is -2.30. The number of aryl methyl sites for hydroxylation is 1. The molecule has 0 atom stereocenters. The van der Waals surface area contributed by atoms with Crippen LogP contribution in [0.2, 0.25) is 5.02 Å². The molecule has 0 fully saturated rings. The van der Waals surface area contributed by atoms with E-state index in [0.717, 1.165) is 16.1 Å². The first-order valence-electron chi connectivity index (χ1n) is 10.3. The smallest absolute Gasteiger partial charge is 0.266 e. The Morgan fingerprint density at radius 2 is 1.88 bits per heavy atom. The van der Waals surface area contributed by atoms with Gasteiger partial charge >= 0.3 is 0 Å². The summed E-state index contributed by atoms with van der Waals surface area (Å²) < 4.78 is 5.50. The maximum Gasteiger partial charge on any atom is 0.266 e. The number of furan rings is 1. The summed E-state index contributed by atoms with van der Waals surface area (Å²) in [6.45, 7) is 2.51. The second-order valence-corrected chi connectivity index (χ2v) is 8.90. The zero-order chi connectivity index (χ0) is 23.4. The van der Waals surface area contributed by atoms with E-state index in [-0.39, 0.29) is 11.8 Å². The summed E-state index contributed by atoms with van der Waals surface area (Å²) >= 11 is 7.48. The van der Waals surface area contributed by atoms with Crippen LogP contribution in [0.3, 0.4) is 0 Å². The number of thiazole rings is 1. The van der Waals surface area contributed by atoms with E-state index in [9.17, 15) is 9.59 Å². The highest BCUT2D eigenvalue weighted by Crippen LogP contribution is 2.31. The molecule has 1 N–H and O–H groups in total. The van der Waals surface area contributed by atoms with E-state index in [1.54, 1.807) is 42.5 Å². The highest BCUT2D eigenvalue weighted by Gasteiger charge is 2.23. The van der Waals surface area contributed by atoms with Crippen LogP contribution in [0, 0.1) is 6.92 Å². The number of halogens is 1. The minimum Gasteiger partial charge on any atom is -0.467 e. The molecule has 2 aromatic heterocycles. The largest absolute Gasteiger partial charge is 0.467 e. The Morgan fingerprint density at radius 3 is 2.55 bits per heavy atom. The monoisotopic (exact) mass is 479 g/mol. The van der Waals surface area contributed by atoms with Crippen LogP contribution in [0.15, 0.2) is 71.3 Å². The van der Waals surface area contributed by atoms with Crippen LogP contribution >= 0.6 is 22.9 Å². The first-order valence-corrected chi connectivity index (χ1v) is 11.5. The van der Waals surface area contributed by atoms with Gasteiger partial charge in [-0.1, -0.05) is 35.9 Å². The molecule has 8 heteroatoms. The van der Waals surface area contributed by atoms with Gasteiger partial charge in [-0.15, -0.1) is 11.3 Å². The number of aromatic nitrogens is 1. The van der Waals surface area contributed by atoms with Crippen molar-refractivity contribution in [2.75, 3.05) is 7.05 Å². The van der Waals surface area contributed by atoms with Crippen molar-refractivity contribution >= 4 is 34.8 Å². The van der Waals surface area contributed by atoms with Crippen molar-refractivity contribution in [1.82, 2.24) is 15.2 Å². The van der Waals surface area contributed by atoms with Gasteiger partial charge in [0.05, 0.1) is 18.5 Å². The van der Waals surface area contributed by atoms with Crippen LogP contribution in [0.4, 0.5) is 0 Å². The van der Waals surface area contributed by atoms with Gasteiger partial charge < -0.3 is 14.6 Å². The second-order valence-electron chi connectivity index (χ2n) is 7.46. The van der Waals surface area contributed by atoms with Gasteiger partial charge in [0.1, 0.15) is 15.6 Å². The molecule has 2 heterocycles. The molecule has 0 bridgehead atoms. The number of amides is 2. The number of nitrogens with one attached hydrogen (secondary N) is 1. The lowest BCUT2D eigenvalue weighted by atomic mass is 10.1. The van der Waals surface area contributed by atoms with Crippen molar-refractivity contribution < 1.29 is 14.0 Å². The van der Waals surface area contributed by atoms with Crippen molar-refractivity contribution in [3.05, 3.63) is 99.4 Å². The van der Waals surface area contributed by atoms with Crippen molar-refractivity contribution in [3.63, 3.8) is 0 Å². The zero-order valence-corrected chi connectivity index (χ0v) is 19.7. The van der Waals surface area contributed by atoms with Crippen molar-refractivity contribution in [1.29, 1.82) is 0 Å². The van der Waals surface area contributed by atoms with E-state index < -0.39 is 0 Å². The lowest BCUT2D eigenvalue weighted by Gasteiger charge is -2.21. The summed E-state index contributed by atoms with van der Waals surface area (Å²) in [4.78, 5) is 32.3. The molecular formula is C25H22ClN3O3S. The minimum absolute atomic E-state index is 0.134. The highest BCUT2D eigenvalue weighted by atomic mass is 35.5. The summed E-state index contributed by atoms with van der Waals surface area (Å²) in [6, 6.07) is 18.3. The van der Waals surface area contributed by atoms with Crippen molar-refractivity contribution in [3.8, 4) is 10.6 Å². The SMILES string of the molecule is CNC(=O)c1ccc(CN(Cc2ccco2)C(=O)c2sc(-c3cccc(Cl)c3)nc2C)cc1. The van der Waals surface area contributed by atoms with Crippen molar-refractivity contribution in [2.45, 2.75) is 20.0 Å². The second kappa shape index (κ2) is 10.0. The van der Waals surface area contributed by atoms with E-state index in [1.807, 2.05) is 43.3 Å². The number of rotatable bonds is 7. The number of hydrogen-bond donors (Lipinski definition) is 1. The molecule has 2 aromatic carbocycles. The average Bonchev–Trinajstić information content (AvgIpc) is 3.48. The molecule has 168 valence electrons. The topological polar surface area (TPSA) is 75.4 Å². The van der Waals surface area contributed by atoms with E-state index in [0.29, 0.717) is 40.0 Å². The molecular weight excluding hydrogens is 458 g/mol. The van der Waals surface area contributed by atoms with E-state index in [1.165, 1.54) is 11.3 Å². The van der Waals surface area contributed by atoms with Crippen LogP contribution < -0.4 is 5.32 Å². The first-order chi connectivity index (χ1) is 15.9. The van der Waals surface area contributed by atoms with Gasteiger partial charge in [0.15, 0.2) is 0 Å². The van der Waals surface area contributed by atoms with Crippen LogP contribution in [0.5, 0.6) is 0 Å². The molecule has 0 saturated carbocycles. The Hall–Kier alpha value is -3.42. The summed E-state index contributed by atoms with van der Waals surface area (Å²) in [7, 11) is 1.59. The molecule has 4 aromatic rings. The van der Waals surface area contributed by atoms with Gasteiger partial charge in [0.2, 0.25) is 0 Å². The molecule has 6 nitrogen and oxygen atoms in total. The third kappa shape index (κ3) is 5.32. The molecule has 0 radical (unpaired) electrons. The molecule has 0 saturated heterocycles. The standard InChI is InChI=1S/C25H22ClN3O3S/c1-16-22(33-24(28-16)19-5-3-6-20(26)13-19)25(31)29(15-21-7-4-12-32-21)14-17-8-10-18(11-9-17)23(30)27-2/h3-13H,14-15H2,1-2H3,(H,27,30). The Labute approximate surface area is 200 Å². The van der Waals surface area contributed by atoms with Crippen LogP contribution in [-0.2, 0) is 13.1 Å². The number of hydrogen-bond acceptors (Lipinski definition) is 5. The molecule has 0 unspecified atom stereocenters. The molecule has 2 amide bonds. The summed E-state index contributed by atoms with van der Waals surface area (Å²) in [5, 5.41) is 3.97. The van der Waals surface area contributed by atoms with Crippen molar-refractivity contribution in [2.24, 2.45) is 0 Å². The van der Waals surface area contributed by atoms with Crippen LogP contribution in [0.1, 0.15) is 37.0 Å². The predicted octanol–water partition coefficient (Wildman–Crippen LogP) is 5.57. The molecule has 4 rings (SSSR count). The fourth-order valence-corrected chi connectivity index (χ4v) is 4.62. The maximum absolute atomic E-state index is 13.6. The molecule has 0 aliphatic rings. The van der Waals surface area contributed by atoms with Gasteiger partial charge in [-0.25, -0.2) is 4.98 Å². The van der Waals surface area contributed by atoms with E-state index in [2.05, 4.69) is 10.3 Å². The third-order valence-electron chi connectivity index (χ3n) is 5.09.